The topological polar surface area (TPSA) is 75.3 Å². The van der Waals surface area contributed by atoms with E-state index in [-0.39, 0.29) is 38.6 Å². The molecule has 1 fully saturated rings. The van der Waals surface area contributed by atoms with Gasteiger partial charge in [0, 0.05) is 26.2 Å². The highest BCUT2D eigenvalue weighted by Gasteiger charge is 2.34. The molecule has 1 N–H and O–H groups in total. The Morgan fingerprint density at radius 1 is 1.11 bits per heavy atom. The quantitative estimate of drug-likeness (QED) is 0.728. The fourth-order valence-corrected chi connectivity index (χ4v) is 4.71. The predicted molar refractivity (Wildman–Crippen MR) is 95.9 cm³/mol. The second kappa shape index (κ2) is 8.38. The number of hydrogen-bond donors (Lipinski definition) is 1. The number of carbonyl (C=O) groups excluding carboxylic acids is 1. The third-order valence-electron chi connectivity index (χ3n) is 4.62. The number of quaternary nitrogens is 1. The molecule has 1 atom stereocenters. The summed E-state index contributed by atoms with van der Waals surface area (Å²) in [7, 11) is -2.44. The van der Waals surface area contributed by atoms with E-state index < -0.39 is 26.6 Å². The van der Waals surface area contributed by atoms with Crippen molar-refractivity contribution in [2.45, 2.75) is 11.4 Å². The molecule has 1 aromatic heterocycles. The van der Waals surface area contributed by atoms with Crippen molar-refractivity contribution in [2.24, 2.45) is 0 Å². The third kappa shape index (κ3) is 4.40. The number of sulfonamides is 1. The number of piperazine rings is 1. The molecule has 0 bridgehead atoms. The lowest BCUT2D eigenvalue weighted by Crippen LogP contribution is -3.08. The maximum Gasteiger partial charge on any atom is 0.277 e. The van der Waals surface area contributed by atoms with Gasteiger partial charge in [0.15, 0.2) is 17.2 Å². The Kier molecular flexibility index (Phi) is 6.11. The van der Waals surface area contributed by atoms with Gasteiger partial charge in [0.25, 0.3) is 5.91 Å². The third-order valence-corrected chi connectivity index (χ3v) is 6.57. The van der Waals surface area contributed by atoms with Gasteiger partial charge in [0.1, 0.15) is 18.2 Å². The predicted octanol–water partition coefficient (Wildman–Crippen LogP) is 0.106. The van der Waals surface area contributed by atoms with E-state index in [1.54, 1.807) is 17.2 Å². The summed E-state index contributed by atoms with van der Waals surface area (Å²) < 4.78 is 59.2. The van der Waals surface area contributed by atoms with Crippen LogP contribution in [0.2, 0.25) is 0 Å². The summed E-state index contributed by atoms with van der Waals surface area (Å²) in [6.07, 6.45) is 1.57. The van der Waals surface area contributed by atoms with E-state index in [4.69, 9.17) is 4.42 Å². The van der Waals surface area contributed by atoms with E-state index in [1.807, 2.05) is 13.1 Å². The minimum absolute atomic E-state index is 0.0148. The highest BCUT2D eigenvalue weighted by molar-refractivity contribution is 7.89. The van der Waals surface area contributed by atoms with Crippen LogP contribution in [-0.4, -0.2) is 63.3 Å². The second-order valence-corrected chi connectivity index (χ2v) is 8.60. The Labute approximate surface area is 162 Å². The molecule has 0 aliphatic carbocycles. The average Bonchev–Trinajstić information content (AvgIpc) is 3.14. The summed E-state index contributed by atoms with van der Waals surface area (Å²) in [6, 6.07) is 6.55. The normalized spacial score (nSPS) is 16.9. The SMILES string of the molecule is C[NH+](CC(=O)N1CCN(S(=O)(=O)c2c(F)cccc2F)CC1)Cc1ccco1. The van der Waals surface area contributed by atoms with Crippen molar-refractivity contribution in [3.8, 4) is 0 Å². The molecule has 0 spiro atoms. The molecule has 152 valence electrons. The standard InChI is InChI=1S/C18H21F2N3O4S/c1-21(12-14-4-3-11-27-14)13-17(24)22-7-9-23(10-8-22)28(25,26)18-15(19)5-2-6-16(18)20/h2-6,11H,7-10,12-13H2,1H3/p+1. The molecule has 7 nitrogen and oxygen atoms in total. The average molecular weight is 414 g/mol. The number of benzene rings is 1. The zero-order valence-corrected chi connectivity index (χ0v) is 16.2. The fraction of sp³-hybridized carbons (Fsp3) is 0.389. The van der Waals surface area contributed by atoms with Gasteiger partial charge in [-0.25, -0.2) is 17.2 Å². The molecule has 10 heteroatoms. The Bertz CT molecular complexity index is 906. The monoisotopic (exact) mass is 414 g/mol. The smallest absolute Gasteiger partial charge is 0.277 e. The molecule has 2 aromatic rings. The van der Waals surface area contributed by atoms with E-state index in [9.17, 15) is 22.0 Å². The van der Waals surface area contributed by atoms with Crippen molar-refractivity contribution in [1.82, 2.24) is 9.21 Å². The molecular weight excluding hydrogens is 392 g/mol. The zero-order chi connectivity index (χ0) is 20.3. The summed E-state index contributed by atoms with van der Waals surface area (Å²) in [5.41, 5.74) is 0. The molecule has 0 radical (unpaired) electrons. The maximum absolute atomic E-state index is 13.9. The first-order chi connectivity index (χ1) is 13.3. The molecule has 1 amide bonds. The van der Waals surface area contributed by atoms with Crippen LogP contribution in [0.3, 0.4) is 0 Å². The summed E-state index contributed by atoms with van der Waals surface area (Å²) in [4.78, 5) is 14.0. The van der Waals surface area contributed by atoms with Crippen molar-refractivity contribution in [3.63, 3.8) is 0 Å². The number of nitrogens with zero attached hydrogens (tertiary/aromatic N) is 2. The lowest BCUT2D eigenvalue weighted by molar-refractivity contribution is -0.886. The van der Waals surface area contributed by atoms with Gasteiger partial charge in [-0.1, -0.05) is 6.07 Å². The van der Waals surface area contributed by atoms with Crippen molar-refractivity contribution < 1.29 is 31.3 Å². The minimum atomic E-state index is -4.30. The van der Waals surface area contributed by atoms with Crippen LogP contribution in [0.5, 0.6) is 0 Å². The lowest BCUT2D eigenvalue weighted by Gasteiger charge is -2.34. The van der Waals surface area contributed by atoms with Crippen LogP contribution in [0.15, 0.2) is 45.9 Å². The van der Waals surface area contributed by atoms with Gasteiger partial charge in [0.05, 0.1) is 13.3 Å². The summed E-state index contributed by atoms with van der Waals surface area (Å²) in [5, 5.41) is 0. The Hall–Kier alpha value is -2.30. The summed E-state index contributed by atoms with van der Waals surface area (Å²) in [5.74, 6) is -1.59. The number of rotatable bonds is 6. The summed E-state index contributed by atoms with van der Waals surface area (Å²) in [6.45, 7) is 1.09. The van der Waals surface area contributed by atoms with Gasteiger partial charge in [-0.05, 0) is 24.3 Å². The van der Waals surface area contributed by atoms with Gasteiger partial charge in [-0.3, -0.25) is 4.79 Å². The van der Waals surface area contributed by atoms with Crippen LogP contribution in [0, 0.1) is 11.6 Å². The Balaban J connectivity index is 1.58. The summed E-state index contributed by atoms with van der Waals surface area (Å²) >= 11 is 0. The van der Waals surface area contributed by atoms with Crippen LogP contribution >= 0.6 is 0 Å². The number of likely N-dealkylation sites (N-methyl/N-ethyl adjacent to an activating group) is 1. The molecule has 1 aromatic carbocycles. The first kappa shape index (κ1) is 20.4. The van der Waals surface area contributed by atoms with E-state index in [0.29, 0.717) is 6.54 Å². The van der Waals surface area contributed by atoms with Gasteiger partial charge in [0.2, 0.25) is 10.0 Å². The molecule has 28 heavy (non-hydrogen) atoms. The highest BCUT2D eigenvalue weighted by atomic mass is 32.2. The zero-order valence-electron chi connectivity index (χ0n) is 15.4. The first-order valence-corrected chi connectivity index (χ1v) is 10.3. The van der Waals surface area contributed by atoms with Crippen molar-refractivity contribution in [1.29, 1.82) is 0 Å². The van der Waals surface area contributed by atoms with E-state index in [1.165, 1.54) is 0 Å². The van der Waals surface area contributed by atoms with Gasteiger partial charge >= 0.3 is 0 Å². The molecule has 2 heterocycles. The molecule has 1 unspecified atom stereocenters. The van der Waals surface area contributed by atoms with Crippen LogP contribution in [0.4, 0.5) is 8.78 Å². The largest absolute Gasteiger partial charge is 0.463 e. The number of nitrogens with one attached hydrogen (secondary N) is 1. The Morgan fingerprint density at radius 2 is 1.75 bits per heavy atom. The van der Waals surface area contributed by atoms with Crippen LogP contribution in [0.25, 0.3) is 0 Å². The molecule has 1 saturated heterocycles. The molecule has 1 aliphatic rings. The number of halogens is 2. The first-order valence-electron chi connectivity index (χ1n) is 8.84. The van der Waals surface area contributed by atoms with Crippen molar-refractivity contribution >= 4 is 15.9 Å². The van der Waals surface area contributed by atoms with E-state index in [0.717, 1.165) is 33.2 Å². The van der Waals surface area contributed by atoms with Crippen LogP contribution < -0.4 is 4.90 Å². The fourth-order valence-electron chi connectivity index (χ4n) is 3.18. The van der Waals surface area contributed by atoms with E-state index >= 15 is 0 Å². The number of amides is 1. The minimum Gasteiger partial charge on any atom is -0.463 e. The van der Waals surface area contributed by atoms with E-state index in [2.05, 4.69) is 0 Å². The highest BCUT2D eigenvalue weighted by Crippen LogP contribution is 2.23. The number of carbonyl (C=O) groups is 1. The number of hydrogen-bond acceptors (Lipinski definition) is 4. The van der Waals surface area contributed by atoms with Crippen LogP contribution in [0.1, 0.15) is 5.76 Å². The van der Waals surface area contributed by atoms with Crippen LogP contribution in [-0.2, 0) is 21.4 Å². The van der Waals surface area contributed by atoms with Gasteiger partial charge in [-0.2, -0.15) is 4.31 Å². The second-order valence-electron chi connectivity index (χ2n) is 6.73. The molecular formula is C18H22F2N3O4S+. The van der Waals surface area contributed by atoms with Crippen molar-refractivity contribution in [2.75, 3.05) is 39.8 Å². The lowest BCUT2D eigenvalue weighted by atomic mass is 10.3. The van der Waals surface area contributed by atoms with Gasteiger partial charge < -0.3 is 14.2 Å². The van der Waals surface area contributed by atoms with Gasteiger partial charge in [-0.15, -0.1) is 0 Å². The maximum atomic E-state index is 13.9. The number of furan rings is 1. The Morgan fingerprint density at radius 3 is 2.32 bits per heavy atom. The van der Waals surface area contributed by atoms with Crippen molar-refractivity contribution in [3.05, 3.63) is 54.0 Å². The molecule has 1 aliphatic heterocycles. The molecule has 0 saturated carbocycles. The molecule has 3 rings (SSSR count).